The van der Waals surface area contributed by atoms with E-state index in [9.17, 15) is 9.59 Å². The van der Waals surface area contributed by atoms with Crippen molar-refractivity contribution in [3.05, 3.63) is 47.3 Å². The van der Waals surface area contributed by atoms with Crippen molar-refractivity contribution in [2.45, 2.75) is 37.3 Å². The van der Waals surface area contributed by atoms with E-state index in [-0.39, 0.29) is 12.5 Å². The number of esters is 1. The standard InChI is InChI=1S/C20H24N2O4S/c1-14-6-5-9-22(11-14)19(23)12-25-20(24)17-7-3-4-8-18(17)27-13-16-10-15(2)26-21-16/h3-4,7-8,10,14H,5-6,9,11-13H2,1-2H3/t14-/m0/s1. The summed E-state index contributed by atoms with van der Waals surface area (Å²) in [6.45, 7) is 5.24. The Hall–Kier alpha value is -2.28. The number of benzene rings is 1. The third kappa shape index (κ3) is 5.35. The number of likely N-dealkylation sites (tertiary alicyclic amines) is 1. The second kappa shape index (κ2) is 9.08. The Balaban J connectivity index is 1.57. The Morgan fingerprint density at radius 2 is 2.19 bits per heavy atom. The first-order valence-electron chi connectivity index (χ1n) is 9.12. The van der Waals surface area contributed by atoms with Gasteiger partial charge in [0.15, 0.2) is 6.61 Å². The highest BCUT2D eigenvalue weighted by Gasteiger charge is 2.22. The molecule has 0 bridgehead atoms. The van der Waals surface area contributed by atoms with Crippen LogP contribution < -0.4 is 0 Å². The second-order valence-electron chi connectivity index (χ2n) is 6.88. The highest BCUT2D eigenvalue weighted by atomic mass is 32.2. The van der Waals surface area contributed by atoms with Gasteiger partial charge in [0.25, 0.3) is 5.91 Å². The molecule has 1 fully saturated rings. The zero-order valence-corrected chi connectivity index (χ0v) is 16.5. The number of aryl methyl sites for hydroxylation is 1. The van der Waals surface area contributed by atoms with Gasteiger partial charge >= 0.3 is 5.97 Å². The molecule has 144 valence electrons. The Morgan fingerprint density at radius 3 is 2.93 bits per heavy atom. The van der Waals surface area contributed by atoms with Crippen LogP contribution in [-0.2, 0) is 15.3 Å². The molecule has 1 aliphatic heterocycles. The minimum Gasteiger partial charge on any atom is -0.452 e. The molecule has 1 atom stereocenters. The third-order valence-corrected chi connectivity index (χ3v) is 5.60. The number of ether oxygens (including phenoxy) is 1. The van der Waals surface area contributed by atoms with E-state index in [2.05, 4.69) is 12.1 Å². The van der Waals surface area contributed by atoms with Gasteiger partial charge in [0.1, 0.15) is 5.76 Å². The van der Waals surface area contributed by atoms with Crippen LogP contribution >= 0.6 is 11.8 Å². The maximum Gasteiger partial charge on any atom is 0.339 e. The van der Waals surface area contributed by atoms with Gasteiger partial charge in [0, 0.05) is 29.8 Å². The number of piperidine rings is 1. The smallest absolute Gasteiger partial charge is 0.339 e. The summed E-state index contributed by atoms with van der Waals surface area (Å²) >= 11 is 1.49. The molecular formula is C20H24N2O4S. The van der Waals surface area contributed by atoms with Gasteiger partial charge in [-0.3, -0.25) is 4.79 Å². The van der Waals surface area contributed by atoms with Crippen molar-refractivity contribution >= 4 is 23.6 Å². The van der Waals surface area contributed by atoms with Crippen molar-refractivity contribution < 1.29 is 18.8 Å². The van der Waals surface area contributed by atoms with Crippen molar-refractivity contribution in [1.29, 1.82) is 0 Å². The molecule has 6 nitrogen and oxygen atoms in total. The lowest BCUT2D eigenvalue weighted by molar-refractivity contribution is -0.136. The van der Waals surface area contributed by atoms with E-state index in [1.807, 2.05) is 25.1 Å². The summed E-state index contributed by atoms with van der Waals surface area (Å²) in [6.07, 6.45) is 2.14. The van der Waals surface area contributed by atoms with E-state index in [0.29, 0.717) is 17.2 Å². The van der Waals surface area contributed by atoms with Crippen LogP contribution in [-0.4, -0.2) is 41.6 Å². The van der Waals surface area contributed by atoms with E-state index < -0.39 is 5.97 Å². The second-order valence-corrected chi connectivity index (χ2v) is 7.89. The average molecular weight is 388 g/mol. The minimum atomic E-state index is -0.479. The molecule has 0 aliphatic carbocycles. The van der Waals surface area contributed by atoms with Crippen molar-refractivity contribution in [3.8, 4) is 0 Å². The van der Waals surface area contributed by atoms with E-state index in [0.717, 1.165) is 42.3 Å². The number of thioether (sulfide) groups is 1. The number of amides is 1. The number of aromatic nitrogens is 1. The quantitative estimate of drug-likeness (QED) is 0.555. The molecule has 2 heterocycles. The van der Waals surface area contributed by atoms with Gasteiger partial charge < -0.3 is 14.2 Å². The number of hydrogen-bond donors (Lipinski definition) is 0. The molecule has 2 aromatic rings. The Labute approximate surface area is 163 Å². The molecule has 0 unspecified atom stereocenters. The number of nitrogens with zero attached hydrogens (tertiary/aromatic N) is 2. The van der Waals surface area contributed by atoms with Crippen LogP contribution in [0.25, 0.3) is 0 Å². The highest BCUT2D eigenvalue weighted by molar-refractivity contribution is 7.98. The fraction of sp³-hybridized carbons (Fsp3) is 0.450. The number of rotatable bonds is 6. The summed E-state index contributed by atoms with van der Waals surface area (Å²) in [5.41, 5.74) is 1.28. The Kier molecular flexibility index (Phi) is 6.55. The van der Waals surface area contributed by atoms with Gasteiger partial charge in [0.2, 0.25) is 0 Å². The predicted molar refractivity (Wildman–Crippen MR) is 103 cm³/mol. The third-order valence-electron chi connectivity index (χ3n) is 4.50. The first-order valence-corrected chi connectivity index (χ1v) is 10.1. The zero-order valence-electron chi connectivity index (χ0n) is 15.6. The first kappa shape index (κ1) is 19.5. The van der Waals surface area contributed by atoms with Crippen LogP contribution in [0.3, 0.4) is 0 Å². The molecule has 0 N–H and O–H groups in total. The molecule has 7 heteroatoms. The first-order chi connectivity index (χ1) is 13.0. The largest absolute Gasteiger partial charge is 0.452 e. The molecule has 27 heavy (non-hydrogen) atoms. The van der Waals surface area contributed by atoms with E-state index >= 15 is 0 Å². The summed E-state index contributed by atoms with van der Waals surface area (Å²) < 4.78 is 10.4. The molecule has 1 amide bonds. The molecule has 1 saturated heterocycles. The fourth-order valence-electron chi connectivity index (χ4n) is 3.11. The lowest BCUT2D eigenvalue weighted by Crippen LogP contribution is -2.41. The maximum absolute atomic E-state index is 12.5. The van der Waals surface area contributed by atoms with Gasteiger partial charge in [-0.2, -0.15) is 0 Å². The molecule has 0 radical (unpaired) electrons. The van der Waals surface area contributed by atoms with Crippen molar-refractivity contribution in [2.75, 3.05) is 19.7 Å². The predicted octanol–water partition coefficient (Wildman–Crippen LogP) is 3.69. The average Bonchev–Trinajstić information content (AvgIpc) is 3.09. The van der Waals surface area contributed by atoms with Crippen LogP contribution in [0.5, 0.6) is 0 Å². The summed E-state index contributed by atoms with van der Waals surface area (Å²) in [7, 11) is 0. The lowest BCUT2D eigenvalue weighted by atomic mass is 10.0. The monoisotopic (exact) mass is 388 g/mol. The van der Waals surface area contributed by atoms with E-state index in [1.54, 1.807) is 17.0 Å². The molecular weight excluding hydrogens is 364 g/mol. The topological polar surface area (TPSA) is 72.6 Å². The maximum atomic E-state index is 12.5. The number of carbonyl (C=O) groups is 2. The summed E-state index contributed by atoms with van der Waals surface area (Å²) in [6, 6.07) is 9.10. The molecule has 1 aromatic carbocycles. The van der Waals surface area contributed by atoms with Gasteiger partial charge in [-0.15, -0.1) is 11.8 Å². The van der Waals surface area contributed by atoms with Crippen LogP contribution in [0.4, 0.5) is 0 Å². The van der Waals surface area contributed by atoms with Gasteiger partial charge in [0.05, 0.1) is 11.3 Å². The lowest BCUT2D eigenvalue weighted by Gasteiger charge is -2.30. The zero-order chi connectivity index (χ0) is 19.2. The van der Waals surface area contributed by atoms with Crippen molar-refractivity contribution in [2.24, 2.45) is 5.92 Å². The molecule has 3 rings (SSSR count). The molecule has 0 spiro atoms. The number of hydrogen-bond acceptors (Lipinski definition) is 6. The van der Waals surface area contributed by atoms with Crippen LogP contribution in [0.15, 0.2) is 39.8 Å². The van der Waals surface area contributed by atoms with Crippen LogP contribution in [0, 0.1) is 12.8 Å². The summed E-state index contributed by atoms with van der Waals surface area (Å²) in [4.78, 5) is 27.4. The summed E-state index contributed by atoms with van der Waals surface area (Å²) in [5, 5.41) is 3.96. The Bertz CT molecular complexity index is 805. The van der Waals surface area contributed by atoms with Crippen molar-refractivity contribution in [1.82, 2.24) is 10.1 Å². The van der Waals surface area contributed by atoms with Crippen LogP contribution in [0.1, 0.15) is 41.6 Å². The van der Waals surface area contributed by atoms with E-state index in [1.165, 1.54) is 11.8 Å². The summed E-state index contributed by atoms with van der Waals surface area (Å²) in [5.74, 6) is 1.23. The van der Waals surface area contributed by atoms with Gasteiger partial charge in [-0.1, -0.05) is 24.2 Å². The minimum absolute atomic E-state index is 0.127. The normalized spacial score (nSPS) is 17.0. The van der Waals surface area contributed by atoms with Gasteiger partial charge in [-0.25, -0.2) is 4.79 Å². The SMILES string of the molecule is Cc1cc(CSc2ccccc2C(=O)OCC(=O)N2CCC[C@H](C)C2)no1. The molecule has 1 aliphatic rings. The van der Waals surface area contributed by atoms with Crippen LogP contribution in [0.2, 0.25) is 0 Å². The Morgan fingerprint density at radius 1 is 1.37 bits per heavy atom. The highest BCUT2D eigenvalue weighted by Crippen LogP contribution is 2.27. The molecule has 0 saturated carbocycles. The van der Waals surface area contributed by atoms with Gasteiger partial charge in [-0.05, 0) is 37.8 Å². The number of carbonyl (C=O) groups excluding carboxylic acids is 2. The van der Waals surface area contributed by atoms with E-state index in [4.69, 9.17) is 9.26 Å². The molecule has 1 aromatic heterocycles. The fourth-order valence-corrected chi connectivity index (χ4v) is 4.03. The van der Waals surface area contributed by atoms with Crippen molar-refractivity contribution in [3.63, 3.8) is 0 Å².